The molecule has 0 amide bonds. The summed E-state index contributed by atoms with van der Waals surface area (Å²) in [7, 11) is 1.64. The zero-order valence-electron chi connectivity index (χ0n) is 15.7. The molecule has 4 aromatic rings. The van der Waals surface area contributed by atoms with E-state index in [-0.39, 0.29) is 11.4 Å². The lowest BCUT2D eigenvalue weighted by Crippen LogP contribution is -2.11. The first-order valence-electron chi connectivity index (χ1n) is 9.13. The summed E-state index contributed by atoms with van der Waals surface area (Å²) in [4.78, 5) is 19.8. The van der Waals surface area contributed by atoms with Gasteiger partial charge in [0, 0.05) is 11.9 Å². The van der Waals surface area contributed by atoms with Gasteiger partial charge in [-0.25, -0.2) is 4.39 Å². The van der Waals surface area contributed by atoms with E-state index in [1.54, 1.807) is 13.3 Å². The normalized spacial score (nSPS) is 11.0. The van der Waals surface area contributed by atoms with Crippen molar-refractivity contribution in [3.05, 3.63) is 91.9 Å². The van der Waals surface area contributed by atoms with E-state index in [0.29, 0.717) is 18.2 Å². The molecule has 0 saturated heterocycles. The number of methoxy groups -OCH3 is 1. The van der Waals surface area contributed by atoms with Crippen LogP contribution in [0, 0.1) is 9.39 Å². The average Bonchev–Trinajstić information content (AvgIpc) is 2.72. The minimum Gasteiger partial charge on any atom is -0.496 e. The third-order valence-corrected chi connectivity index (χ3v) is 5.68. The van der Waals surface area contributed by atoms with Crippen LogP contribution in [-0.2, 0) is 12.8 Å². The van der Waals surface area contributed by atoms with Crippen molar-refractivity contribution in [2.75, 3.05) is 7.11 Å². The van der Waals surface area contributed by atoms with Crippen LogP contribution in [0.3, 0.4) is 0 Å². The predicted molar refractivity (Wildman–Crippen MR) is 121 cm³/mol. The molecule has 0 fully saturated rings. The van der Waals surface area contributed by atoms with Crippen molar-refractivity contribution >= 4 is 33.4 Å². The summed E-state index contributed by atoms with van der Waals surface area (Å²) >= 11 is 2.23. The lowest BCUT2D eigenvalue weighted by molar-refractivity contribution is 0.412. The number of fused-ring (bicyclic) bond motifs is 1. The van der Waals surface area contributed by atoms with Gasteiger partial charge >= 0.3 is 0 Å². The molecule has 0 aliphatic rings. The molecule has 0 aliphatic heterocycles. The maximum atomic E-state index is 13.3. The molecule has 146 valence electrons. The highest BCUT2D eigenvalue weighted by Gasteiger charge is 2.11. The molecule has 0 atom stereocenters. The molecule has 1 N–H and O–H groups in total. The highest BCUT2D eigenvalue weighted by molar-refractivity contribution is 14.1. The molecule has 4 nitrogen and oxygen atoms in total. The number of benzene rings is 2. The Kier molecular flexibility index (Phi) is 5.62. The van der Waals surface area contributed by atoms with Gasteiger partial charge in [0.2, 0.25) is 0 Å². The van der Waals surface area contributed by atoms with E-state index in [9.17, 15) is 9.18 Å². The van der Waals surface area contributed by atoms with Crippen molar-refractivity contribution in [1.82, 2.24) is 9.97 Å². The molecule has 0 spiro atoms. The Balaban J connectivity index is 1.71. The van der Waals surface area contributed by atoms with Gasteiger partial charge in [0.1, 0.15) is 11.6 Å². The smallest absolute Gasteiger partial charge is 0.256 e. The molecule has 4 rings (SSSR count). The number of halogens is 2. The van der Waals surface area contributed by atoms with Crippen LogP contribution < -0.4 is 10.3 Å². The number of aromatic amines is 1. The van der Waals surface area contributed by atoms with Crippen molar-refractivity contribution in [2.45, 2.75) is 12.8 Å². The first kappa shape index (κ1) is 19.6. The number of nitrogens with zero attached hydrogens (tertiary/aromatic N) is 1. The zero-order chi connectivity index (χ0) is 20.4. The highest BCUT2D eigenvalue weighted by atomic mass is 127. The fraction of sp³-hybridized carbons (Fsp3) is 0.130. The molecule has 0 aliphatic carbocycles. The van der Waals surface area contributed by atoms with Gasteiger partial charge in [0.25, 0.3) is 5.56 Å². The van der Waals surface area contributed by atoms with Gasteiger partial charge < -0.3 is 9.72 Å². The van der Waals surface area contributed by atoms with Gasteiger partial charge in [-0.1, -0.05) is 24.3 Å². The van der Waals surface area contributed by atoms with E-state index in [1.165, 1.54) is 12.3 Å². The van der Waals surface area contributed by atoms with Crippen molar-refractivity contribution in [2.24, 2.45) is 0 Å². The average molecular weight is 500 g/mol. The quantitative estimate of drug-likeness (QED) is 0.387. The Morgan fingerprint density at radius 1 is 1.10 bits per heavy atom. The zero-order valence-corrected chi connectivity index (χ0v) is 17.9. The topological polar surface area (TPSA) is 55.0 Å². The number of rotatable bonds is 5. The molecule has 2 heterocycles. The molecular formula is C23H18FIN2O2. The minimum absolute atomic E-state index is 0.128. The molecule has 6 heteroatoms. The van der Waals surface area contributed by atoms with Crippen molar-refractivity contribution in [1.29, 1.82) is 0 Å². The van der Waals surface area contributed by atoms with Gasteiger partial charge in [-0.15, -0.1) is 0 Å². The summed E-state index contributed by atoms with van der Waals surface area (Å²) < 4.78 is 19.6. The number of nitrogens with one attached hydrogen (secondary N) is 1. The molecule has 0 radical (unpaired) electrons. The van der Waals surface area contributed by atoms with Crippen LogP contribution in [0.1, 0.15) is 11.3 Å². The number of ether oxygens (including phenoxy) is 1. The molecule has 29 heavy (non-hydrogen) atoms. The van der Waals surface area contributed by atoms with E-state index < -0.39 is 0 Å². The second-order valence-electron chi connectivity index (χ2n) is 6.75. The van der Waals surface area contributed by atoms with E-state index in [4.69, 9.17) is 4.74 Å². The Morgan fingerprint density at radius 2 is 1.97 bits per heavy atom. The van der Waals surface area contributed by atoms with Crippen LogP contribution >= 0.6 is 22.6 Å². The summed E-state index contributed by atoms with van der Waals surface area (Å²) in [6.45, 7) is 0. The summed E-state index contributed by atoms with van der Waals surface area (Å²) in [5, 5.41) is 1.54. The van der Waals surface area contributed by atoms with E-state index in [2.05, 4.69) is 32.6 Å². The van der Waals surface area contributed by atoms with Crippen molar-refractivity contribution in [3.63, 3.8) is 0 Å². The summed E-state index contributed by atoms with van der Waals surface area (Å²) in [5.74, 6) is 0.450. The molecule has 0 unspecified atom stereocenters. The summed E-state index contributed by atoms with van der Waals surface area (Å²) in [6.07, 6.45) is 4.03. The summed E-state index contributed by atoms with van der Waals surface area (Å²) in [6, 6.07) is 15.2. The Morgan fingerprint density at radius 3 is 2.72 bits per heavy atom. The van der Waals surface area contributed by atoms with Crippen LogP contribution in [0.4, 0.5) is 4.39 Å². The number of hydrogen-bond acceptors (Lipinski definition) is 3. The molecular weight excluding hydrogens is 482 g/mol. The number of pyridine rings is 2. The fourth-order valence-electron chi connectivity index (χ4n) is 3.46. The van der Waals surface area contributed by atoms with Crippen LogP contribution in [0.2, 0.25) is 0 Å². The van der Waals surface area contributed by atoms with E-state index >= 15 is 0 Å². The Bertz CT molecular complexity index is 1250. The largest absolute Gasteiger partial charge is 0.496 e. The van der Waals surface area contributed by atoms with Crippen LogP contribution in [0.5, 0.6) is 5.75 Å². The first-order chi connectivity index (χ1) is 14.0. The second-order valence-corrected chi connectivity index (χ2v) is 7.92. The van der Waals surface area contributed by atoms with E-state index in [0.717, 1.165) is 37.1 Å². The number of aromatic nitrogens is 2. The van der Waals surface area contributed by atoms with Crippen LogP contribution in [0.15, 0.2) is 65.7 Å². The molecule has 0 saturated carbocycles. The van der Waals surface area contributed by atoms with Gasteiger partial charge in [0.05, 0.1) is 22.3 Å². The lowest BCUT2D eigenvalue weighted by Gasteiger charge is -2.10. The van der Waals surface area contributed by atoms with Gasteiger partial charge in [-0.2, -0.15) is 0 Å². The van der Waals surface area contributed by atoms with E-state index in [1.807, 2.05) is 42.5 Å². The monoisotopic (exact) mass is 500 g/mol. The summed E-state index contributed by atoms with van der Waals surface area (Å²) in [5.41, 5.74) is 3.33. The molecule has 2 aromatic carbocycles. The minimum atomic E-state index is -0.353. The Hall–Kier alpha value is -2.74. The van der Waals surface area contributed by atoms with Gasteiger partial charge in [-0.3, -0.25) is 9.78 Å². The fourth-order valence-corrected chi connectivity index (χ4v) is 4.19. The SMILES string of the molecule is COc1ccc(-c2cccc3cc(CCc4cncc(F)c4)[nH]c(=O)c23)cc1I. The Labute approximate surface area is 180 Å². The van der Waals surface area contributed by atoms with Crippen molar-refractivity contribution < 1.29 is 9.13 Å². The lowest BCUT2D eigenvalue weighted by atomic mass is 9.98. The standard InChI is InChI=1S/C23H18FIN2O2/c1-29-21-8-6-15(11-20(21)25)19-4-2-3-16-10-18(27-23(28)22(16)19)7-5-14-9-17(24)13-26-12-14/h2-4,6,8-13H,5,7H2,1H3,(H,27,28). The number of hydrogen-bond donors (Lipinski definition) is 1. The number of aryl methyl sites for hydroxylation is 2. The third-order valence-electron chi connectivity index (χ3n) is 4.83. The predicted octanol–water partition coefficient (Wildman–Crippen LogP) is 5.13. The molecule has 0 bridgehead atoms. The van der Waals surface area contributed by atoms with Gasteiger partial charge in [-0.05, 0) is 81.8 Å². The maximum absolute atomic E-state index is 13.3. The number of H-pyrrole nitrogens is 1. The van der Waals surface area contributed by atoms with Crippen LogP contribution in [-0.4, -0.2) is 17.1 Å². The van der Waals surface area contributed by atoms with Crippen LogP contribution in [0.25, 0.3) is 21.9 Å². The molecule has 2 aromatic heterocycles. The van der Waals surface area contributed by atoms with Gasteiger partial charge in [0.15, 0.2) is 0 Å². The van der Waals surface area contributed by atoms with Crippen molar-refractivity contribution in [3.8, 4) is 16.9 Å². The maximum Gasteiger partial charge on any atom is 0.256 e. The first-order valence-corrected chi connectivity index (χ1v) is 10.2. The highest BCUT2D eigenvalue weighted by Crippen LogP contribution is 2.31. The second kappa shape index (κ2) is 8.32. The third kappa shape index (κ3) is 4.17.